The molecular weight excluding hydrogens is 180 g/mol. The predicted octanol–water partition coefficient (Wildman–Crippen LogP) is 0.688. The number of hydrogen-bond acceptors (Lipinski definition) is 3. The molecule has 0 aromatic rings. The monoisotopic (exact) mass is 200 g/mol. The van der Waals surface area contributed by atoms with Gasteiger partial charge in [-0.15, -0.1) is 0 Å². The van der Waals surface area contributed by atoms with E-state index in [-0.39, 0.29) is 17.4 Å². The van der Waals surface area contributed by atoms with Crippen LogP contribution in [0.4, 0.5) is 0 Å². The number of nitrogens with one attached hydrogen (secondary N) is 2. The molecule has 1 saturated heterocycles. The van der Waals surface area contributed by atoms with E-state index < -0.39 is 0 Å². The van der Waals surface area contributed by atoms with Crippen molar-refractivity contribution in [3.05, 3.63) is 0 Å². The summed E-state index contributed by atoms with van der Waals surface area (Å²) < 4.78 is 0. The molecule has 0 aromatic carbocycles. The minimum absolute atomic E-state index is 0.0218. The van der Waals surface area contributed by atoms with Gasteiger partial charge in [0.1, 0.15) is 0 Å². The Bertz CT molecular complexity index is 207. The maximum Gasteiger partial charge on any atom is 0.246 e. The molecule has 0 aliphatic carbocycles. The van der Waals surface area contributed by atoms with Crippen molar-refractivity contribution >= 4 is 5.91 Å². The maximum absolute atomic E-state index is 11.6. The summed E-state index contributed by atoms with van der Waals surface area (Å²) in [6, 6.07) is 0. The minimum atomic E-state index is -0.326. The van der Waals surface area contributed by atoms with E-state index in [9.17, 15) is 4.79 Å². The highest BCUT2D eigenvalue weighted by molar-refractivity contribution is 5.77. The van der Waals surface area contributed by atoms with Crippen molar-refractivity contribution in [1.82, 2.24) is 10.8 Å². The molecule has 0 aromatic heterocycles. The van der Waals surface area contributed by atoms with Gasteiger partial charge in [-0.25, -0.2) is 5.48 Å². The summed E-state index contributed by atoms with van der Waals surface area (Å²) in [5, 5.41) is 3.15. The molecule has 82 valence electrons. The van der Waals surface area contributed by atoms with Gasteiger partial charge in [0, 0.05) is 5.92 Å². The van der Waals surface area contributed by atoms with E-state index in [2.05, 4.69) is 10.8 Å². The minimum Gasteiger partial charge on any atom is -0.316 e. The van der Waals surface area contributed by atoms with Crippen molar-refractivity contribution in [2.75, 3.05) is 13.1 Å². The van der Waals surface area contributed by atoms with Crippen LogP contribution in [-0.2, 0) is 9.63 Å². The van der Waals surface area contributed by atoms with Gasteiger partial charge in [0.2, 0.25) is 5.91 Å². The standard InChI is InChI=1S/C10H20N2O2/c1-7(8-5-11-6-8)9(13)12-14-10(2,3)4/h7-8,11H,5-6H2,1-4H3,(H,12,13). The van der Waals surface area contributed by atoms with Crippen LogP contribution in [0.2, 0.25) is 0 Å². The first-order valence-electron chi connectivity index (χ1n) is 5.09. The molecule has 1 aliphatic rings. The molecule has 0 spiro atoms. The fraction of sp³-hybridized carbons (Fsp3) is 0.900. The Labute approximate surface area is 85.3 Å². The summed E-state index contributed by atoms with van der Waals surface area (Å²) in [5.74, 6) is 0.462. The van der Waals surface area contributed by atoms with Gasteiger partial charge >= 0.3 is 0 Å². The van der Waals surface area contributed by atoms with Crippen LogP contribution in [0.25, 0.3) is 0 Å². The van der Waals surface area contributed by atoms with Crippen LogP contribution in [0, 0.1) is 11.8 Å². The lowest BCUT2D eigenvalue weighted by Crippen LogP contribution is -2.50. The van der Waals surface area contributed by atoms with E-state index in [1.165, 1.54) is 0 Å². The van der Waals surface area contributed by atoms with Crippen molar-refractivity contribution in [3.8, 4) is 0 Å². The van der Waals surface area contributed by atoms with Crippen LogP contribution < -0.4 is 10.8 Å². The number of rotatable bonds is 3. The largest absolute Gasteiger partial charge is 0.316 e. The Hall–Kier alpha value is -0.610. The number of carbonyl (C=O) groups excluding carboxylic acids is 1. The number of hydrogen-bond donors (Lipinski definition) is 2. The molecule has 1 rings (SSSR count). The predicted molar refractivity (Wildman–Crippen MR) is 54.5 cm³/mol. The zero-order valence-electron chi connectivity index (χ0n) is 9.39. The van der Waals surface area contributed by atoms with E-state index in [1.54, 1.807) is 0 Å². The molecule has 0 saturated carbocycles. The third-order valence-corrected chi connectivity index (χ3v) is 2.39. The molecule has 14 heavy (non-hydrogen) atoms. The molecule has 1 unspecified atom stereocenters. The summed E-state index contributed by atoms with van der Waals surface area (Å²) in [6.07, 6.45) is 0. The maximum atomic E-state index is 11.6. The second-order valence-corrected chi connectivity index (χ2v) is 4.89. The van der Waals surface area contributed by atoms with Gasteiger partial charge in [-0.2, -0.15) is 0 Å². The Morgan fingerprint density at radius 2 is 2.07 bits per heavy atom. The lowest BCUT2D eigenvalue weighted by atomic mass is 9.88. The van der Waals surface area contributed by atoms with Crippen LogP contribution in [-0.4, -0.2) is 24.6 Å². The van der Waals surface area contributed by atoms with Gasteiger partial charge in [-0.05, 0) is 39.8 Å². The Morgan fingerprint density at radius 1 is 1.50 bits per heavy atom. The topological polar surface area (TPSA) is 50.4 Å². The van der Waals surface area contributed by atoms with Crippen LogP contribution in [0.5, 0.6) is 0 Å². The third kappa shape index (κ3) is 3.27. The van der Waals surface area contributed by atoms with Crippen LogP contribution in [0.15, 0.2) is 0 Å². The van der Waals surface area contributed by atoms with E-state index in [4.69, 9.17) is 4.84 Å². The first-order valence-corrected chi connectivity index (χ1v) is 5.09. The quantitative estimate of drug-likeness (QED) is 0.659. The fourth-order valence-corrected chi connectivity index (χ4v) is 1.17. The molecule has 4 heteroatoms. The molecule has 2 N–H and O–H groups in total. The molecule has 1 aliphatic heterocycles. The number of carbonyl (C=O) groups is 1. The first kappa shape index (κ1) is 11.5. The second-order valence-electron chi connectivity index (χ2n) is 4.89. The third-order valence-electron chi connectivity index (χ3n) is 2.39. The van der Waals surface area contributed by atoms with Crippen LogP contribution in [0.1, 0.15) is 27.7 Å². The molecule has 4 nitrogen and oxygen atoms in total. The van der Waals surface area contributed by atoms with Gasteiger partial charge in [0.25, 0.3) is 0 Å². The van der Waals surface area contributed by atoms with E-state index in [0.717, 1.165) is 13.1 Å². The average Bonchev–Trinajstić information content (AvgIpc) is 1.95. The van der Waals surface area contributed by atoms with Gasteiger partial charge < -0.3 is 5.32 Å². The Kier molecular flexibility index (Phi) is 3.50. The van der Waals surface area contributed by atoms with Crippen molar-refractivity contribution in [1.29, 1.82) is 0 Å². The summed E-state index contributed by atoms with van der Waals surface area (Å²) >= 11 is 0. The Morgan fingerprint density at radius 3 is 2.43 bits per heavy atom. The van der Waals surface area contributed by atoms with Crippen molar-refractivity contribution in [2.24, 2.45) is 11.8 Å². The van der Waals surface area contributed by atoms with Crippen molar-refractivity contribution in [2.45, 2.75) is 33.3 Å². The highest BCUT2D eigenvalue weighted by atomic mass is 16.7. The number of amides is 1. The van der Waals surface area contributed by atoms with Gasteiger partial charge in [-0.3, -0.25) is 9.63 Å². The molecule has 1 heterocycles. The van der Waals surface area contributed by atoms with Crippen LogP contribution >= 0.6 is 0 Å². The molecular formula is C10H20N2O2. The zero-order valence-corrected chi connectivity index (χ0v) is 9.39. The molecule has 0 bridgehead atoms. The first-order chi connectivity index (χ1) is 6.40. The summed E-state index contributed by atoms with van der Waals surface area (Å²) in [5.41, 5.74) is 2.18. The van der Waals surface area contributed by atoms with Crippen molar-refractivity contribution in [3.63, 3.8) is 0 Å². The lowest BCUT2D eigenvalue weighted by molar-refractivity contribution is -0.151. The smallest absolute Gasteiger partial charge is 0.246 e. The summed E-state index contributed by atoms with van der Waals surface area (Å²) in [7, 11) is 0. The SMILES string of the molecule is CC(C(=O)NOC(C)(C)C)C1CNC1. The molecule has 0 radical (unpaired) electrons. The average molecular weight is 200 g/mol. The van der Waals surface area contributed by atoms with Gasteiger partial charge in [0.05, 0.1) is 5.60 Å². The normalized spacial score (nSPS) is 20.0. The molecule has 1 fully saturated rings. The molecule has 1 atom stereocenters. The summed E-state index contributed by atoms with van der Waals surface area (Å²) in [6.45, 7) is 9.52. The van der Waals surface area contributed by atoms with Gasteiger partial charge in [-0.1, -0.05) is 6.92 Å². The lowest BCUT2D eigenvalue weighted by Gasteiger charge is -2.32. The highest BCUT2D eigenvalue weighted by Crippen LogP contribution is 2.16. The van der Waals surface area contributed by atoms with Gasteiger partial charge in [0.15, 0.2) is 0 Å². The van der Waals surface area contributed by atoms with Crippen molar-refractivity contribution < 1.29 is 9.63 Å². The number of hydroxylamine groups is 1. The van der Waals surface area contributed by atoms with Crippen LogP contribution in [0.3, 0.4) is 0 Å². The molecule has 1 amide bonds. The fourth-order valence-electron chi connectivity index (χ4n) is 1.17. The van der Waals surface area contributed by atoms with E-state index >= 15 is 0 Å². The Balaban J connectivity index is 2.27. The summed E-state index contributed by atoms with van der Waals surface area (Å²) in [4.78, 5) is 16.8. The highest BCUT2D eigenvalue weighted by Gasteiger charge is 2.29. The second kappa shape index (κ2) is 4.28. The van der Waals surface area contributed by atoms with E-state index in [1.807, 2.05) is 27.7 Å². The zero-order chi connectivity index (χ0) is 10.8. The van der Waals surface area contributed by atoms with E-state index in [0.29, 0.717) is 5.92 Å².